The Kier molecular flexibility index (Phi) is 5.45. The molecule has 0 radical (unpaired) electrons. The Labute approximate surface area is 143 Å². The molecule has 1 aliphatic heterocycles. The van der Waals surface area contributed by atoms with Crippen molar-refractivity contribution in [3.8, 4) is 0 Å². The molecule has 1 fully saturated rings. The van der Waals surface area contributed by atoms with Crippen LogP contribution in [0.1, 0.15) is 27.9 Å². The summed E-state index contributed by atoms with van der Waals surface area (Å²) in [4.78, 5) is 12.6. The average molecular weight is 380 g/mol. The van der Waals surface area contributed by atoms with Gasteiger partial charge in [0.2, 0.25) is 10.0 Å². The van der Waals surface area contributed by atoms with Crippen LogP contribution in [0.5, 0.6) is 0 Å². The molecule has 1 saturated heterocycles. The van der Waals surface area contributed by atoms with E-state index >= 15 is 0 Å². The molecule has 1 aliphatic rings. The van der Waals surface area contributed by atoms with Crippen LogP contribution in [0, 0.1) is 0 Å². The highest BCUT2D eigenvalue weighted by Gasteiger charge is 2.36. The predicted molar refractivity (Wildman–Crippen MR) is 84.7 cm³/mol. The molecule has 1 unspecified atom stereocenters. The van der Waals surface area contributed by atoms with Crippen LogP contribution in [-0.2, 0) is 22.7 Å². The second-order valence-corrected chi connectivity index (χ2v) is 8.17. The number of carboxylic acid groups (broad SMARTS) is 1. The monoisotopic (exact) mass is 380 g/mol. The molecule has 1 aromatic rings. The van der Waals surface area contributed by atoms with Crippen LogP contribution in [0.25, 0.3) is 0 Å². The fourth-order valence-electron chi connectivity index (χ4n) is 2.88. The molecule has 0 spiro atoms. The van der Waals surface area contributed by atoms with Crippen molar-refractivity contribution in [3.63, 3.8) is 0 Å². The summed E-state index contributed by atoms with van der Waals surface area (Å²) in [5, 5.41) is 8.88. The summed E-state index contributed by atoms with van der Waals surface area (Å²) >= 11 is 0. The number of rotatable bonds is 5. The number of likely N-dealkylation sites (N-methyl/N-ethyl adjacent to an activating group) is 1. The predicted octanol–water partition coefficient (Wildman–Crippen LogP) is 1.87. The Morgan fingerprint density at radius 1 is 1.40 bits per heavy atom. The van der Waals surface area contributed by atoms with Gasteiger partial charge in [0.1, 0.15) is 0 Å². The van der Waals surface area contributed by atoms with Crippen LogP contribution < -0.4 is 0 Å². The summed E-state index contributed by atoms with van der Waals surface area (Å²) in [6.45, 7) is 0.757. The highest BCUT2D eigenvalue weighted by molar-refractivity contribution is 7.88. The Bertz CT molecular complexity index is 765. The summed E-state index contributed by atoms with van der Waals surface area (Å²) in [5.41, 5.74) is -1.43. The van der Waals surface area contributed by atoms with Gasteiger partial charge in [-0.05, 0) is 24.1 Å². The maximum atomic E-state index is 13.2. The van der Waals surface area contributed by atoms with E-state index in [0.717, 1.165) is 12.3 Å². The number of benzene rings is 1. The van der Waals surface area contributed by atoms with Gasteiger partial charge in [-0.15, -0.1) is 0 Å². The topological polar surface area (TPSA) is 77.9 Å². The number of likely N-dealkylation sites (tertiary alicyclic amines) is 1. The van der Waals surface area contributed by atoms with Crippen molar-refractivity contribution in [1.29, 1.82) is 0 Å². The first kappa shape index (κ1) is 19.7. The zero-order chi connectivity index (χ0) is 19.0. The summed E-state index contributed by atoms with van der Waals surface area (Å²) in [6, 6.07) is 2.65. The van der Waals surface area contributed by atoms with E-state index in [1.807, 2.05) is 0 Å². The molecule has 1 atom stereocenters. The third kappa shape index (κ3) is 4.71. The van der Waals surface area contributed by atoms with Crippen molar-refractivity contribution in [2.24, 2.45) is 0 Å². The fraction of sp³-hybridized carbons (Fsp3) is 0.533. The summed E-state index contributed by atoms with van der Waals surface area (Å²) in [6.07, 6.45) is -3.05. The number of hydrogen-bond donors (Lipinski definition) is 1. The maximum absolute atomic E-state index is 13.2. The van der Waals surface area contributed by atoms with E-state index in [4.69, 9.17) is 5.11 Å². The zero-order valence-electron chi connectivity index (χ0n) is 13.7. The minimum atomic E-state index is -4.66. The van der Waals surface area contributed by atoms with Crippen LogP contribution in [0.2, 0.25) is 0 Å². The molecule has 0 saturated carbocycles. The lowest BCUT2D eigenvalue weighted by Crippen LogP contribution is -2.38. The van der Waals surface area contributed by atoms with E-state index in [2.05, 4.69) is 0 Å². The van der Waals surface area contributed by atoms with Crippen LogP contribution in [-0.4, -0.2) is 61.1 Å². The lowest BCUT2D eigenvalue weighted by molar-refractivity contribution is -0.138. The van der Waals surface area contributed by atoms with Gasteiger partial charge in [0.25, 0.3) is 0 Å². The molecule has 1 heterocycles. The van der Waals surface area contributed by atoms with Gasteiger partial charge < -0.3 is 5.11 Å². The van der Waals surface area contributed by atoms with E-state index in [-0.39, 0.29) is 18.2 Å². The molecule has 2 rings (SSSR count). The third-order valence-electron chi connectivity index (χ3n) is 4.34. The maximum Gasteiger partial charge on any atom is 0.416 e. The lowest BCUT2D eigenvalue weighted by Gasteiger charge is -2.23. The van der Waals surface area contributed by atoms with E-state index in [9.17, 15) is 26.4 Å². The molecule has 6 nitrogen and oxygen atoms in total. The number of sulfonamides is 1. The number of alkyl halides is 3. The number of nitrogens with zero attached hydrogens (tertiary/aromatic N) is 2. The summed E-state index contributed by atoms with van der Waals surface area (Å²) < 4.78 is 64.1. The number of carbonyl (C=O) groups is 1. The Balaban J connectivity index is 2.20. The molecule has 0 amide bonds. The van der Waals surface area contributed by atoms with Gasteiger partial charge in [-0.1, -0.05) is 6.07 Å². The van der Waals surface area contributed by atoms with Gasteiger partial charge >= 0.3 is 12.1 Å². The standard InChI is InChI=1S/C15H19F3N2O4S/c1-19(25(2,23)24)12-5-6-20(9-12)8-11-4-3-10(14(21)22)7-13(11)15(16,17)18/h3-4,7,12H,5-6,8-9H2,1-2H3,(H,21,22). The minimum Gasteiger partial charge on any atom is -0.478 e. The minimum absolute atomic E-state index is 0.0250. The molecular weight excluding hydrogens is 361 g/mol. The van der Waals surface area contributed by atoms with E-state index in [1.54, 1.807) is 4.90 Å². The van der Waals surface area contributed by atoms with Crippen molar-refractivity contribution >= 4 is 16.0 Å². The van der Waals surface area contributed by atoms with Gasteiger partial charge in [-0.3, -0.25) is 4.90 Å². The largest absolute Gasteiger partial charge is 0.478 e. The van der Waals surface area contributed by atoms with Crippen LogP contribution >= 0.6 is 0 Å². The Hall–Kier alpha value is -1.65. The van der Waals surface area contributed by atoms with Crippen molar-refractivity contribution in [2.75, 3.05) is 26.4 Å². The Morgan fingerprint density at radius 3 is 2.56 bits per heavy atom. The molecule has 1 aromatic carbocycles. The molecule has 0 aliphatic carbocycles. The van der Waals surface area contributed by atoms with E-state index < -0.39 is 33.3 Å². The van der Waals surface area contributed by atoms with Gasteiger partial charge in [0, 0.05) is 32.7 Å². The normalized spacial score (nSPS) is 19.5. The van der Waals surface area contributed by atoms with Crippen LogP contribution in [0.4, 0.5) is 13.2 Å². The number of aromatic carboxylic acids is 1. The first-order valence-electron chi connectivity index (χ1n) is 7.48. The molecule has 10 heteroatoms. The number of hydrogen-bond acceptors (Lipinski definition) is 4. The first-order chi connectivity index (χ1) is 11.4. The first-order valence-corrected chi connectivity index (χ1v) is 9.33. The number of halogens is 3. The molecular formula is C15H19F3N2O4S. The smallest absolute Gasteiger partial charge is 0.416 e. The average Bonchev–Trinajstić information content (AvgIpc) is 2.92. The molecule has 140 valence electrons. The van der Waals surface area contributed by atoms with Crippen molar-refractivity contribution in [1.82, 2.24) is 9.21 Å². The molecule has 0 aromatic heterocycles. The Morgan fingerprint density at radius 2 is 2.04 bits per heavy atom. The zero-order valence-corrected chi connectivity index (χ0v) is 14.6. The van der Waals surface area contributed by atoms with Crippen LogP contribution in [0.3, 0.4) is 0 Å². The van der Waals surface area contributed by atoms with Gasteiger partial charge in [0.05, 0.1) is 17.4 Å². The highest BCUT2D eigenvalue weighted by Crippen LogP contribution is 2.34. The van der Waals surface area contributed by atoms with Gasteiger partial charge in [-0.2, -0.15) is 13.2 Å². The number of carboxylic acids is 1. The fourth-order valence-corrected chi connectivity index (χ4v) is 3.59. The molecule has 0 bridgehead atoms. The lowest BCUT2D eigenvalue weighted by atomic mass is 10.0. The summed E-state index contributed by atoms with van der Waals surface area (Å²) in [7, 11) is -1.92. The quantitative estimate of drug-likeness (QED) is 0.844. The SMILES string of the molecule is CN(C1CCN(Cc2ccc(C(=O)O)cc2C(F)(F)F)C1)S(C)(=O)=O. The van der Waals surface area contributed by atoms with Crippen molar-refractivity contribution < 1.29 is 31.5 Å². The second-order valence-electron chi connectivity index (χ2n) is 6.13. The van der Waals surface area contributed by atoms with Crippen molar-refractivity contribution in [3.05, 3.63) is 34.9 Å². The summed E-state index contributed by atoms with van der Waals surface area (Å²) in [5.74, 6) is -1.42. The van der Waals surface area contributed by atoms with Crippen molar-refractivity contribution in [2.45, 2.75) is 25.2 Å². The third-order valence-corrected chi connectivity index (χ3v) is 5.69. The van der Waals surface area contributed by atoms with E-state index in [0.29, 0.717) is 25.6 Å². The molecule has 25 heavy (non-hydrogen) atoms. The van der Waals surface area contributed by atoms with Gasteiger partial charge in [-0.25, -0.2) is 17.5 Å². The second kappa shape index (κ2) is 6.93. The van der Waals surface area contributed by atoms with E-state index in [1.165, 1.54) is 17.4 Å². The van der Waals surface area contributed by atoms with Gasteiger partial charge in [0.15, 0.2) is 0 Å². The highest BCUT2D eigenvalue weighted by atomic mass is 32.2. The molecule has 1 N–H and O–H groups in total. The van der Waals surface area contributed by atoms with Crippen LogP contribution in [0.15, 0.2) is 18.2 Å².